The van der Waals surface area contributed by atoms with Crippen LogP contribution >= 0.6 is 0 Å². The summed E-state index contributed by atoms with van der Waals surface area (Å²) in [4.78, 5) is 9.50. The molecule has 0 unspecified atom stereocenters. The first-order valence-corrected chi connectivity index (χ1v) is 8.99. The summed E-state index contributed by atoms with van der Waals surface area (Å²) >= 11 is 0. The maximum Gasteiger partial charge on any atom is 0.110 e. The van der Waals surface area contributed by atoms with Gasteiger partial charge in [-0.1, -0.05) is 62.4 Å². The van der Waals surface area contributed by atoms with Gasteiger partial charge in [0, 0.05) is 18.4 Å². The summed E-state index contributed by atoms with van der Waals surface area (Å²) in [6, 6.07) is 19.0. The summed E-state index contributed by atoms with van der Waals surface area (Å²) < 4.78 is 2.41. The standard InChI is InChI=1S/C22H23N3/c1-16(2)14-21-24-20-15-23-19-11-7-6-10-18(19)22(20)25(21)13-12-17-8-4-3-5-9-17/h3-11,15-16H,12-14H2,1-2H3. The van der Waals surface area contributed by atoms with Crippen molar-refractivity contribution in [3.8, 4) is 0 Å². The van der Waals surface area contributed by atoms with Crippen LogP contribution in [0.2, 0.25) is 0 Å². The Morgan fingerprint density at radius 1 is 0.920 bits per heavy atom. The van der Waals surface area contributed by atoms with Gasteiger partial charge >= 0.3 is 0 Å². The van der Waals surface area contributed by atoms with Crippen LogP contribution in [0.15, 0.2) is 60.8 Å². The number of benzene rings is 2. The summed E-state index contributed by atoms with van der Waals surface area (Å²) in [6.07, 6.45) is 3.91. The summed E-state index contributed by atoms with van der Waals surface area (Å²) in [5.74, 6) is 1.74. The van der Waals surface area contributed by atoms with Gasteiger partial charge in [-0.2, -0.15) is 0 Å². The molecule has 0 bridgehead atoms. The average molecular weight is 329 g/mol. The van der Waals surface area contributed by atoms with Crippen molar-refractivity contribution in [3.05, 3.63) is 72.2 Å². The molecule has 0 atom stereocenters. The van der Waals surface area contributed by atoms with Gasteiger partial charge < -0.3 is 4.57 Å². The normalized spacial score (nSPS) is 11.6. The molecule has 0 spiro atoms. The first-order valence-electron chi connectivity index (χ1n) is 8.99. The van der Waals surface area contributed by atoms with Crippen LogP contribution in [0.25, 0.3) is 21.9 Å². The molecule has 0 aliphatic rings. The van der Waals surface area contributed by atoms with E-state index in [2.05, 4.69) is 71.9 Å². The number of hydrogen-bond donors (Lipinski definition) is 0. The fraction of sp³-hybridized carbons (Fsp3) is 0.273. The van der Waals surface area contributed by atoms with Crippen LogP contribution in [0.1, 0.15) is 25.2 Å². The third kappa shape index (κ3) is 3.14. The van der Waals surface area contributed by atoms with Crippen LogP contribution in [0.5, 0.6) is 0 Å². The largest absolute Gasteiger partial charge is 0.327 e. The van der Waals surface area contributed by atoms with Gasteiger partial charge in [-0.15, -0.1) is 0 Å². The summed E-state index contributed by atoms with van der Waals surface area (Å²) in [5.41, 5.74) is 4.62. The average Bonchev–Trinajstić information content (AvgIpc) is 2.97. The van der Waals surface area contributed by atoms with E-state index in [0.717, 1.165) is 30.4 Å². The van der Waals surface area contributed by atoms with Gasteiger partial charge in [0.1, 0.15) is 11.3 Å². The van der Waals surface area contributed by atoms with Crippen molar-refractivity contribution < 1.29 is 0 Å². The third-order valence-electron chi connectivity index (χ3n) is 4.62. The maximum absolute atomic E-state index is 4.92. The second-order valence-electron chi connectivity index (χ2n) is 7.02. The molecule has 0 saturated carbocycles. The summed E-state index contributed by atoms with van der Waals surface area (Å²) in [7, 11) is 0. The molecule has 2 aromatic heterocycles. The molecule has 0 N–H and O–H groups in total. The van der Waals surface area contributed by atoms with Crippen molar-refractivity contribution in [3.63, 3.8) is 0 Å². The van der Waals surface area contributed by atoms with Crippen LogP contribution in [-0.2, 0) is 19.4 Å². The van der Waals surface area contributed by atoms with Crippen molar-refractivity contribution in [2.24, 2.45) is 5.92 Å². The van der Waals surface area contributed by atoms with Crippen LogP contribution < -0.4 is 0 Å². The molecular weight excluding hydrogens is 306 g/mol. The SMILES string of the molecule is CC(C)Cc1nc2cnc3ccccc3c2n1CCc1ccccc1. The number of fused-ring (bicyclic) bond motifs is 3. The van der Waals surface area contributed by atoms with Gasteiger partial charge in [0.2, 0.25) is 0 Å². The lowest BCUT2D eigenvalue weighted by Crippen LogP contribution is -2.09. The van der Waals surface area contributed by atoms with Gasteiger partial charge in [0.15, 0.2) is 0 Å². The maximum atomic E-state index is 4.92. The Kier molecular flexibility index (Phi) is 4.22. The highest BCUT2D eigenvalue weighted by Crippen LogP contribution is 2.26. The van der Waals surface area contributed by atoms with Crippen LogP contribution in [0, 0.1) is 5.92 Å². The molecule has 0 saturated heterocycles. The highest BCUT2D eigenvalue weighted by Gasteiger charge is 2.15. The molecule has 0 aliphatic heterocycles. The minimum absolute atomic E-state index is 0.575. The summed E-state index contributed by atoms with van der Waals surface area (Å²) in [5, 5.41) is 1.19. The summed E-state index contributed by atoms with van der Waals surface area (Å²) in [6.45, 7) is 5.44. The highest BCUT2D eigenvalue weighted by molar-refractivity contribution is 6.02. The van der Waals surface area contributed by atoms with Crippen LogP contribution in [0.4, 0.5) is 0 Å². The molecule has 126 valence electrons. The molecule has 3 heteroatoms. The predicted octanol–water partition coefficient (Wildman–Crippen LogP) is 5.03. The van der Waals surface area contributed by atoms with Gasteiger partial charge in [0.25, 0.3) is 0 Å². The Hall–Kier alpha value is -2.68. The molecule has 0 radical (unpaired) electrons. The van der Waals surface area contributed by atoms with E-state index in [0.29, 0.717) is 5.92 Å². The van der Waals surface area contributed by atoms with Crippen molar-refractivity contribution >= 4 is 21.9 Å². The number of para-hydroxylation sites is 1. The van der Waals surface area contributed by atoms with E-state index in [1.165, 1.54) is 22.3 Å². The van der Waals surface area contributed by atoms with E-state index in [4.69, 9.17) is 4.98 Å². The number of aryl methyl sites for hydroxylation is 2. The lowest BCUT2D eigenvalue weighted by Gasteiger charge is -2.12. The molecule has 4 rings (SSSR count). The van der Waals surface area contributed by atoms with E-state index in [9.17, 15) is 0 Å². The van der Waals surface area contributed by atoms with E-state index < -0.39 is 0 Å². The Balaban J connectivity index is 1.84. The van der Waals surface area contributed by atoms with Crippen LogP contribution in [0.3, 0.4) is 0 Å². The fourth-order valence-corrected chi connectivity index (χ4v) is 3.46. The molecule has 4 aromatic rings. The van der Waals surface area contributed by atoms with Crippen molar-refractivity contribution in [2.45, 2.75) is 33.2 Å². The topological polar surface area (TPSA) is 30.7 Å². The molecule has 25 heavy (non-hydrogen) atoms. The molecule has 2 aromatic carbocycles. The first kappa shape index (κ1) is 15.8. The molecule has 2 heterocycles. The van der Waals surface area contributed by atoms with Crippen molar-refractivity contribution in [1.82, 2.24) is 14.5 Å². The molecule has 0 amide bonds. The van der Waals surface area contributed by atoms with Gasteiger partial charge in [0.05, 0.1) is 17.2 Å². The molecule has 0 aliphatic carbocycles. The Labute approximate surface area is 148 Å². The quantitative estimate of drug-likeness (QED) is 0.514. The fourth-order valence-electron chi connectivity index (χ4n) is 3.46. The Morgan fingerprint density at radius 2 is 1.68 bits per heavy atom. The van der Waals surface area contributed by atoms with Crippen LogP contribution in [-0.4, -0.2) is 14.5 Å². The first-order chi connectivity index (χ1) is 12.2. The minimum atomic E-state index is 0.575. The number of rotatable bonds is 5. The van der Waals surface area contributed by atoms with Gasteiger partial charge in [-0.05, 0) is 24.0 Å². The van der Waals surface area contributed by atoms with Crippen molar-refractivity contribution in [1.29, 1.82) is 0 Å². The van der Waals surface area contributed by atoms with E-state index >= 15 is 0 Å². The lowest BCUT2D eigenvalue weighted by molar-refractivity contribution is 0.579. The van der Waals surface area contributed by atoms with E-state index in [1.54, 1.807) is 0 Å². The lowest BCUT2D eigenvalue weighted by atomic mass is 10.1. The van der Waals surface area contributed by atoms with E-state index in [-0.39, 0.29) is 0 Å². The van der Waals surface area contributed by atoms with E-state index in [1.807, 2.05) is 12.3 Å². The zero-order valence-electron chi connectivity index (χ0n) is 14.8. The third-order valence-corrected chi connectivity index (χ3v) is 4.62. The smallest absolute Gasteiger partial charge is 0.110 e. The second-order valence-corrected chi connectivity index (χ2v) is 7.02. The molecular formula is C22H23N3. The monoisotopic (exact) mass is 329 g/mol. The number of hydrogen-bond acceptors (Lipinski definition) is 2. The van der Waals surface area contributed by atoms with Gasteiger partial charge in [-0.3, -0.25) is 4.98 Å². The molecule has 3 nitrogen and oxygen atoms in total. The zero-order chi connectivity index (χ0) is 17.2. The van der Waals surface area contributed by atoms with Gasteiger partial charge in [-0.25, -0.2) is 4.98 Å². The highest BCUT2D eigenvalue weighted by atomic mass is 15.1. The number of nitrogens with zero attached hydrogens (tertiary/aromatic N) is 3. The van der Waals surface area contributed by atoms with Crippen molar-refractivity contribution in [2.75, 3.05) is 0 Å². The number of pyridine rings is 1. The second kappa shape index (κ2) is 6.67. The number of aromatic nitrogens is 3. The predicted molar refractivity (Wildman–Crippen MR) is 104 cm³/mol. The number of imidazole rings is 1. The zero-order valence-corrected chi connectivity index (χ0v) is 14.8. The Morgan fingerprint density at radius 3 is 2.48 bits per heavy atom. The molecule has 0 fully saturated rings. The Bertz CT molecular complexity index is 1000. The minimum Gasteiger partial charge on any atom is -0.327 e.